The van der Waals surface area contributed by atoms with Crippen molar-refractivity contribution in [2.45, 2.75) is 37.1 Å². The fraction of sp³-hybridized carbons (Fsp3) is 0.333. The number of carbonyl (C=O) groups is 1. The predicted octanol–water partition coefficient (Wildman–Crippen LogP) is 3.76. The van der Waals surface area contributed by atoms with Crippen molar-refractivity contribution in [3.63, 3.8) is 0 Å². The highest BCUT2D eigenvalue weighted by Crippen LogP contribution is 2.30. The van der Waals surface area contributed by atoms with Crippen molar-refractivity contribution in [3.8, 4) is 5.75 Å². The van der Waals surface area contributed by atoms with Crippen LogP contribution in [-0.2, 0) is 16.6 Å². The number of amides is 1. The van der Waals surface area contributed by atoms with Crippen molar-refractivity contribution in [1.82, 2.24) is 14.1 Å². The maximum Gasteiger partial charge on any atom is 0.255 e. The van der Waals surface area contributed by atoms with Crippen LogP contribution >= 0.6 is 0 Å². The largest absolute Gasteiger partial charge is 0.495 e. The molecule has 1 fully saturated rings. The van der Waals surface area contributed by atoms with Crippen LogP contribution in [-0.4, -0.2) is 48.6 Å². The van der Waals surface area contributed by atoms with Gasteiger partial charge in [0.1, 0.15) is 5.75 Å². The van der Waals surface area contributed by atoms with Crippen LogP contribution in [0.5, 0.6) is 5.75 Å². The first kappa shape index (κ1) is 23.0. The molecule has 174 valence electrons. The topological polar surface area (TPSA) is 93.5 Å². The van der Waals surface area contributed by atoms with Crippen molar-refractivity contribution in [2.24, 2.45) is 0 Å². The van der Waals surface area contributed by atoms with E-state index in [0.29, 0.717) is 36.6 Å². The van der Waals surface area contributed by atoms with Gasteiger partial charge >= 0.3 is 0 Å². The Morgan fingerprint density at radius 2 is 1.79 bits per heavy atom. The molecule has 33 heavy (non-hydrogen) atoms. The number of hydrogen-bond acceptors (Lipinski definition) is 5. The standard InChI is InChI=1S/C24H28N4O4S/c1-32-23-12-11-21(33(30,31)28-15-4-2-3-5-16-28)17-22(23)26-24(29)20-9-7-19(8-10-20)18-27-14-6-13-25-27/h6-14,17H,2-5,15-16,18H2,1H3,(H,26,29). The quantitative estimate of drug-likeness (QED) is 0.570. The van der Waals surface area contributed by atoms with Gasteiger partial charge in [0.05, 0.1) is 24.2 Å². The minimum absolute atomic E-state index is 0.148. The summed E-state index contributed by atoms with van der Waals surface area (Å²) in [4.78, 5) is 13.0. The third-order valence-corrected chi connectivity index (χ3v) is 7.64. The summed E-state index contributed by atoms with van der Waals surface area (Å²) in [7, 11) is -2.16. The molecule has 1 aliphatic heterocycles. The van der Waals surface area contributed by atoms with Crippen LogP contribution in [0.3, 0.4) is 0 Å². The highest BCUT2D eigenvalue weighted by atomic mass is 32.2. The average Bonchev–Trinajstić information content (AvgIpc) is 3.17. The number of nitrogens with one attached hydrogen (secondary N) is 1. The van der Waals surface area contributed by atoms with Gasteiger partial charge in [-0.2, -0.15) is 9.40 Å². The summed E-state index contributed by atoms with van der Waals surface area (Å²) in [6, 6.07) is 13.6. The van der Waals surface area contributed by atoms with Gasteiger partial charge in [-0.1, -0.05) is 25.0 Å². The number of aromatic nitrogens is 2. The van der Waals surface area contributed by atoms with E-state index in [0.717, 1.165) is 31.2 Å². The fourth-order valence-electron chi connectivity index (χ4n) is 3.91. The van der Waals surface area contributed by atoms with Gasteiger partial charge in [0, 0.05) is 31.0 Å². The van der Waals surface area contributed by atoms with Crippen molar-refractivity contribution in [2.75, 3.05) is 25.5 Å². The Kier molecular flexibility index (Phi) is 7.10. The van der Waals surface area contributed by atoms with Gasteiger partial charge in [0.25, 0.3) is 5.91 Å². The molecule has 0 radical (unpaired) electrons. The molecule has 4 rings (SSSR count). The number of benzene rings is 2. The van der Waals surface area contributed by atoms with E-state index in [9.17, 15) is 13.2 Å². The second-order valence-electron chi connectivity index (χ2n) is 8.04. The molecular weight excluding hydrogens is 440 g/mol. The van der Waals surface area contributed by atoms with E-state index in [1.165, 1.54) is 23.5 Å². The van der Waals surface area contributed by atoms with E-state index in [2.05, 4.69) is 10.4 Å². The SMILES string of the molecule is COc1ccc(S(=O)(=O)N2CCCCCC2)cc1NC(=O)c1ccc(Cn2cccn2)cc1. The highest BCUT2D eigenvalue weighted by molar-refractivity contribution is 7.89. The third kappa shape index (κ3) is 5.43. The van der Waals surface area contributed by atoms with Crippen LogP contribution in [0.15, 0.2) is 65.8 Å². The third-order valence-electron chi connectivity index (χ3n) is 5.74. The molecule has 0 unspecified atom stereocenters. The number of sulfonamides is 1. The van der Waals surface area contributed by atoms with Gasteiger partial charge in [-0.15, -0.1) is 0 Å². The van der Waals surface area contributed by atoms with Crippen molar-refractivity contribution in [1.29, 1.82) is 0 Å². The predicted molar refractivity (Wildman–Crippen MR) is 126 cm³/mol. The summed E-state index contributed by atoms with van der Waals surface area (Å²) < 4.78 is 35.1. The zero-order valence-electron chi connectivity index (χ0n) is 18.6. The summed E-state index contributed by atoms with van der Waals surface area (Å²) in [5, 5.41) is 6.99. The zero-order chi connectivity index (χ0) is 23.3. The Balaban J connectivity index is 1.52. The van der Waals surface area contributed by atoms with Crippen LogP contribution in [0.1, 0.15) is 41.6 Å². The summed E-state index contributed by atoms with van der Waals surface area (Å²) in [6.45, 7) is 1.64. The lowest BCUT2D eigenvalue weighted by Crippen LogP contribution is -2.32. The van der Waals surface area contributed by atoms with E-state index >= 15 is 0 Å². The van der Waals surface area contributed by atoms with Crippen LogP contribution in [0, 0.1) is 0 Å². The molecule has 9 heteroatoms. The van der Waals surface area contributed by atoms with Crippen molar-refractivity contribution in [3.05, 3.63) is 72.1 Å². The van der Waals surface area contributed by atoms with Crippen LogP contribution in [0.4, 0.5) is 5.69 Å². The van der Waals surface area contributed by atoms with E-state index in [1.807, 2.05) is 24.4 Å². The first-order chi connectivity index (χ1) is 16.0. The monoisotopic (exact) mass is 468 g/mol. The van der Waals surface area contributed by atoms with Gasteiger partial charge in [-0.3, -0.25) is 9.48 Å². The number of methoxy groups -OCH3 is 1. The molecular formula is C24H28N4O4S. The summed E-state index contributed by atoms with van der Waals surface area (Å²) in [6.07, 6.45) is 7.38. The lowest BCUT2D eigenvalue weighted by molar-refractivity contribution is 0.102. The van der Waals surface area contributed by atoms with Crippen molar-refractivity contribution < 1.29 is 17.9 Å². The Hall–Kier alpha value is -3.17. The van der Waals surface area contributed by atoms with E-state index in [4.69, 9.17) is 4.74 Å². The van der Waals surface area contributed by atoms with Crippen LogP contribution < -0.4 is 10.1 Å². The number of anilines is 1. The van der Waals surface area contributed by atoms with Crippen LogP contribution in [0.25, 0.3) is 0 Å². The number of rotatable bonds is 7. The molecule has 0 spiro atoms. The first-order valence-electron chi connectivity index (χ1n) is 11.0. The second kappa shape index (κ2) is 10.2. The van der Waals surface area contributed by atoms with Gasteiger partial charge in [0.2, 0.25) is 10.0 Å². The van der Waals surface area contributed by atoms with Gasteiger partial charge in [0.15, 0.2) is 0 Å². The molecule has 1 amide bonds. The minimum Gasteiger partial charge on any atom is -0.495 e. The Morgan fingerprint density at radius 3 is 2.42 bits per heavy atom. The molecule has 1 aromatic heterocycles. The molecule has 0 saturated carbocycles. The maximum atomic E-state index is 13.2. The summed E-state index contributed by atoms with van der Waals surface area (Å²) in [5.41, 5.74) is 1.79. The van der Waals surface area contributed by atoms with Gasteiger partial charge in [-0.25, -0.2) is 8.42 Å². The first-order valence-corrected chi connectivity index (χ1v) is 12.5. The molecule has 8 nitrogen and oxygen atoms in total. The molecule has 0 aliphatic carbocycles. The normalized spacial score (nSPS) is 15.1. The fourth-order valence-corrected chi connectivity index (χ4v) is 5.46. The molecule has 1 saturated heterocycles. The molecule has 1 N–H and O–H groups in total. The maximum absolute atomic E-state index is 13.2. The highest BCUT2D eigenvalue weighted by Gasteiger charge is 2.26. The summed E-state index contributed by atoms with van der Waals surface area (Å²) >= 11 is 0. The summed E-state index contributed by atoms with van der Waals surface area (Å²) in [5.74, 6) is 0.0525. The van der Waals surface area contributed by atoms with E-state index in [-0.39, 0.29) is 10.8 Å². The average molecular weight is 469 g/mol. The Bertz CT molecular complexity index is 1180. The lowest BCUT2D eigenvalue weighted by atomic mass is 10.1. The van der Waals surface area contributed by atoms with Crippen molar-refractivity contribution >= 4 is 21.6 Å². The number of hydrogen-bond donors (Lipinski definition) is 1. The number of ether oxygens (including phenoxy) is 1. The Labute approximate surface area is 194 Å². The lowest BCUT2D eigenvalue weighted by Gasteiger charge is -2.21. The molecule has 2 aromatic carbocycles. The van der Waals surface area contributed by atoms with E-state index in [1.54, 1.807) is 29.1 Å². The second-order valence-corrected chi connectivity index (χ2v) is 9.97. The van der Waals surface area contributed by atoms with Crippen LogP contribution in [0.2, 0.25) is 0 Å². The van der Waals surface area contributed by atoms with Gasteiger partial charge < -0.3 is 10.1 Å². The molecule has 0 bridgehead atoms. The molecule has 0 atom stereocenters. The smallest absolute Gasteiger partial charge is 0.255 e. The minimum atomic E-state index is -3.65. The number of nitrogens with zero attached hydrogens (tertiary/aromatic N) is 3. The number of carbonyl (C=O) groups excluding carboxylic acids is 1. The molecule has 1 aliphatic rings. The molecule has 2 heterocycles. The van der Waals surface area contributed by atoms with Gasteiger partial charge in [-0.05, 0) is 54.8 Å². The zero-order valence-corrected chi connectivity index (χ0v) is 19.4. The molecule has 3 aromatic rings. The Morgan fingerprint density at radius 1 is 1.06 bits per heavy atom. The van der Waals surface area contributed by atoms with E-state index < -0.39 is 10.0 Å².